The number of likely N-dealkylation sites (tertiary alicyclic amines) is 2. The van der Waals surface area contributed by atoms with Gasteiger partial charge in [0.1, 0.15) is 0 Å². The number of carbonyl (C=O) groups excluding carboxylic acids is 2. The van der Waals surface area contributed by atoms with Crippen LogP contribution in [0.1, 0.15) is 55.7 Å². The number of ether oxygens (including phenoxy) is 1. The van der Waals surface area contributed by atoms with E-state index in [4.69, 9.17) is 0 Å². The zero-order valence-corrected chi connectivity index (χ0v) is 17.3. The molecule has 29 heavy (non-hydrogen) atoms. The lowest BCUT2D eigenvalue weighted by molar-refractivity contribution is -0.144. The molecule has 2 fully saturated rings. The van der Waals surface area contributed by atoms with Crippen molar-refractivity contribution >= 4 is 11.9 Å². The van der Waals surface area contributed by atoms with Gasteiger partial charge >= 0.3 is 5.97 Å². The molecule has 0 saturated carbocycles. The summed E-state index contributed by atoms with van der Waals surface area (Å²) in [6.45, 7) is 4.87. The first kappa shape index (κ1) is 20.1. The molecule has 0 N–H and O–H groups in total. The Bertz CT molecular complexity index is 828. The lowest BCUT2D eigenvalue weighted by Gasteiger charge is -2.43. The lowest BCUT2D eigenvalue weighted by atomic mass is 9.82. The van der Waals surface area contributed by atoms with Crippen LogP contribution in [0.5, 0.6) is 0 Å². The van der Waals surface area contributed by atoms with Gasteiger partial charge in [0.25, 0.3) is 5.56 Å². The zero-order valence-electron chi connectivity index (χ0n) is 17.3. The number of carbonyl (C=O) groups is 2. The Balaban J connectivity index is 1.46. The fourth-order valence-corrected chi connectivity index (χ4v) is 5.14. The Hall–Kier alpha value is -2.15. The predicted molar refractivity (Wildman–Crippen MR) is 109 cm³/mol. The number of esters is 1. The van der Waals surface area contributed by atoms with E-state index in [1.807, 2.05) is 15.5 Å². The van der Waals surface area contributed by atoms with Crippen molar-refractivity contribution in [3.05, 3.63) is 33.7 Å². The number of rotatable bonds is 5. The second kappa shape index (κ2) is 8.69. The standard InChI is InChI=1S/C22H31N3O4/c1-29-21(27)8-7-20(26)24-12-16-11-18(15-24)19-6-5-17(22(28)25(19)13-16)14-23-9-3-2-4-10-23/h5-6,16,18H,2-4,7-15H2,1H3/t16-,18+/m0/s1. The van der Waals surface area contributed by atoms with Crippen LogP contribution in [0.25, 0.3) is 0 Å². The molecule has 7 heteroatoms. The van der Waals surface area contributed by atoms with Gasteiger partial charge in [0.2, 0.25) is 5.91 Å². The predicted octanol–water partition coefficient (Wildman–Crippen LogP) is 1.73. The number of piperidine rings is 2. The molecule has 1 aromatic rings. The van der Waals surface area contributed by atoms with E-state index in [-0.39, 0.29) is 36.2 Å². The Morgan fingerprint density at radius 3 is 2.62 bits per heavy atom. The van der Waals surface area contributed by atoms with Crippen molar-refractivity contribution < 1.29 is 14.3 Å². The molecule has 2 bridgehead atoms. The molecule has 158 valence electrons. The normalized spacial score (nSPS) is 24.1. The van der Waals surface area contributed by atoms with Gasteiger partial charge in [0.15, 0.2) is 0 Å². The third-order valence-corrected chi connectivity index (χ3v) is 6.65. The number of fused-ring (bicyclic) bond motifs is 4. The first-order valence-corrected chi connectivity index (χ1v) is 10.8. The molecule has 4 heterocycles. The molecule has 2 atom stereocenters. The van der Waals surface area contributed by atoms with Gasteiger partial charge < -0.3 is 14.2 Å². The average Bonchev–Trinajstić information content (AvgIpc) is 2.74. The number of hydrogen-bond donors (Lipinski definition) is 0. The summed E-state index contributed by atoms with van der Waals surface area (Å²) in [4.78, 5) is 41.3. The van der Waals surface area contributed by atoms with Crippen molar-refractivity contribution in [2.75, 3.05) is 33.3 Å². The molecular formula is C22H31N3O4. The second-order valence-corrected chi connectivity index (χ2v) is 8.71. The minimum Gasteiger partial charge on any atom is -0.469 e. The number of hydrogen-bond acceptors (Lipinski definition) is 5. The van der Waals surface area contributed by atoms with Crippen LogP contribution in [0.3, 0.4) is 0 Å². The summed E-state index contributed by atoms with van der Waals surface area (Å²) < 4.78 is 6.60. The van der Waals surface area contributed by atoms with Crippen LogP contribution in [0.15, 0.2) is 16.9 Å². The molecule has 1 amide bonds. The van der Waals surface area contributed by atoms with Crippen LogP contribution >= 0.6 is 0 Å². The summed E-state index contributed by atoms with van der Waals surface area (Å²) in [5.41, 5.74) is 2.09. The minimum atomic E-state index is -0.353. The van der Waals surface area contributed by atoms with E-state index in [0.29, 0.717) is 25.6 Å². The highest BCUT2D eigenvalue weighted by Gasteiger charge is 2.36. The molecule has 0 spiro atoms. The number of nitrogens with zero attached hydrogens (tertiary/aromatic N) is 3. The SMILES string of the molecule is COC(=O)CCC(=O)N1C[C@@H]2C[C@H](C1)c1ccc(CN3CCCCC3)c(=O)n1C2. The van der Waals surface area contributed by atoms with E-state index in [0.717, 1.165) is 37.3 Å². The molecule has 4 rings (SSSR count). The molecular weight excluding hydrogens is 370 g/mol. The molecule has 3 aliphatic rings. The Labute approximate surface area is 171 Å². The van der Waals surface area contributed by atoms with Crippen molar-refractivity contribution in [2.24, 2.45) is 5.92 Å². The van der Waals surface area contributed by atoms with E-state index in [2.05, 4.69) is 15.7 Å². The van der Waals surface area contributed by atoms with Crippen molar-refractivity contribution in [1.29, 1.82) is 0 Å². The second-order valence-electron chi connectivity index (χ2n) is 8.71. The number of aromatic nitrogens is 1. The highest BCUT2D eigenvalue weighted by Crippen LogP contribution is 2.35. The fourth-order valence-electron chi connectivity index (χ4n) is 5.14. The van der Waals surface area contributed by atoms with E-state index in [1.54, 1.807) is 0 Å². The first-order valence-electron chi connectivity index (χ1n) is 10.8. The van der Waals surface area contributed by atoms with Crippen LogP contribution in [0.4, 0.5) is 0 Å². The van der Waals surface area contributed by atoms with Crippen molar-refractivity contribution in [1.82, 2.24) is 14.4 Å². The van der Waals surface area contributed by atoms with Crippen LogP contribution in [-0.2, 0) is 27.4 Å². The largest absolute Gasteiger partial charge is 0.469 e. The molecule has 2 saturated heterocycles. The van der Waals surface area contributed by atoms with Gasteiger partial charge in [0, 0.05) is 49.8 Å². The van der Waals surface area contributed by atoms with E-state index in [1.165, 1.54) is 26.4 Å². The van der Waals surface area contributed by atoms with E-state index < -0.39 is 0 Å². The summed E-state index contributed by atoms with van der Waals surface area (Å²) in [6.07, 6.45) is 5.06. The van der Waals surface area contributed by atoms with Gasteiger partial charge in [-0.15, -0.1) is 0 Å². The minimum absolute atomic E-state index is 0.00242. The zero-order chi connectivity index (χ0) is 20.4. The summed E-state index contributed by atoms with van der Waals surface area (Å²) in [5.74, 6) is 0.142. The third-order valence-electron chi connectivity index (χ3n) is 6.65. The fraction of sp³-hybridized carbons (Fsp3) is 0.682. The van der Waals surface area contributed by atoms with Gasteiger partial charge in [-0.05, 0) is 44.3 Å². The Morgan fingerprint density at radius 2 is 1.86 bits per heavy atom. The van der Waals surface area contributed by atoms with Crippen LogP contribution in [-0.4, -0.2) is 59.5 Å². The maximum absolute atomic E-state index is 13.1. The smallest absolute Gasteiger partial charge is 0.306 e. The Morgan fingerprint density at radius 1 is 1.07 bits per heavy atom. The third kappa shape index (κ3) is 4.39. The quantitative estimate of drug-likeness (QED) is 0.703. The average molecular weight is 402 g/mol. The van der Waals surface area contributed by atoms with Crippen LogP contribution in [0, 0.1) is 5.92 Å². The van der Waals surface area contributed by atoms with Gasteiger partial charge in [-0.25, -0.2) is 0 Å². The molecule has 0 unspecified atom stereocenters. The van der Waals surface area contributed by atoms with Gasteiger partial charge in [-0.1, -0.05) is 12.5 Å². The van der Waals surface area contributed by atoms with Gasteiger partial charge in [-0.2, -0.15) is 0 Å². The molecule has 3 aliphatic heterocycles. The van der Waals surface area contributed by atoms with Crippen LogP contribution < -0.4 is 5.56 Å². The van der Waals surface area contributed by atoms with Crippen molar-refractivity contribution in [3.8, 4) is 0 Å². The highest BCUT2D eigenvalue weighted by atomic mass is 16.5. The molecule has 0 aliphatic carbocycles. The topological polar surface area (TPSA) is 71.9 Å². The number of amides is 1. The van der Waals surface area contributed by atoms with Crippen molar-refractivity contribution in [2.45, 2.75) is 57.5 Å². The molecule has 7 nitrogen and oxygen atoms in total. The van der Waals surface area contributed by atoms with Gasteiger partial charge in [0.05, 0.1) is 13.5 Å². The maximum atomic E-state index is 13.1. The summed E-state index contributed by atoms with van der Waals surface area (Å²) in [7, 11) is 1.34. The Kier molecular flexibility index (Phi) is 6.04. The molecule has 1 aromatic heterocycles. The summed E-state index contributed by atoms with van der Waals surface area (Å²) in [6, 6.07) is 4.10. The van der Waals surface area contributed by atoms with E-state index in [9.17, 15) is 14.4 Å². The highest BCUT2D eigenvalue weighted by molar-refractivity contribution is 5.81. The molecule has 0 radical (unpaired) electrons. The van der Waals surface area contributed by atoms with Gasteiger partial charge in [-0.3, -0.25) is 19.3 Å². The summed E-state index contributed by atoms with van der Waals surface area (Å²) in [5, 5.41) is 0. The van der Waals surface area contributed by atoms with Crippen molar-refractivity contribution in [3.63, 3.8) is 0 Å². The molecule has 0 aromatic carbocycles. The number of pyridine rings is 1. The first-order chi connectivity index (χ1) is 14.0. The summed E-state index contributed by atoms with van der Waals surface area (Å²) >= 11 is 0. The number of methoxy groups -OCH3 is 1. The lowest BCUT2D eigenvalue weighted by Crippen LogP contribution is -2.49. The maximum Gasteiger partial charge on any atom is 0.306 e. The monoisotopic (exact) mass is 401 g/mol. The van der Waals surface area contributed by atoms with E-state index >= 15 is 0 Å². The van der Waals surface area contributed by atoms with Crippen LogP contribution in [0.2, 0.25) is 0 Å².